The van der Waals surface area contributed by atoms with Crippen molar-refractivity contribution in [2.24, 2.45) is 0 Å². The van der Waals surface area contributed by atoms with Crippen molar-refractivity contribution in [2.75, 3.05) is 23.8 Å². The lowest BCUT2D eigenvalue weighted by Gasteiger charge is -2.14. The summed E-state index contributed by atoms with van der Waals surface area (Å²) < 4.78 is 28.7. The van der Waals surface area contributed by atoms with E-state index in [0.29, 0.717) is 27.4 Å². The second kappa shape index (κ2) is 11.1. The summed E-state index contributed by atoms with van der Waals surface area (Å²) in [6.07, 6.45) is 2.11. The third-order valence-corrected chi connectivity index (χ3v) is 6.71. The van der Waals surface area contributed by atoms with E-state index in [4.69, 9.17) is 11.6 Å². The van der Waals surface area contributed by atoms with Gasteiger partial charge in [-0.3, -0.25) is 0 Å². The molecule has 1 atom stereocenters. The maximum atomic E-state index is 12.7. The second-order valence-electron chi connectivity index (χ2n) is 7.05. The van der Waals surface area contributed by atoms with Crippen LogP contribution in [-0.4, -0.2) is 42.7 Å². The molecule has 0 saturated carbocycles. The Morgan fingerprint density at radius 3 is 2.69 bits per heavy atom. The lowest BCUT2D eigenvalue weighted by atomic mass is 10.2. The topological polar surface area (TPSA) is 116 Å². The average Bonchev–Trinajstić information content (AvgIpc) is 2.77. The lowest BCUT2D eigenvalue weighted by molar-refractivity contribution is 0.281. The van der Waals surface area contributed by atoms with Crippen molar-refractivity contribution >= 4 is 55.0 Å². The van der Waals surface area contributed by atoms with Gasteiger partial charge < -0.3 is 15.7 Å². The zero-order chi connectivity index (χ0) is 23.1. The van der Waals surface area contributed by atoms with Crippen molar-refractivity contribution in [1.82, 2.24) is 14.7 Å². The number of hydrogen-bond donors (Lipinski definition) is 4. The van der Waals surface area contributed by atoms with Gasteiger partial charge in [-0.1, -0.05) is 29.8 Å². The molecule has 0 spiro atoms. The number of aromatic nitrogens is 2. The van der Waals surface area contributed by atoms with Crippen molar-refractivity contribution in [2.45, 2.75) is 24.3 Å². The van der Waals surface area contributed by atoms with Gasteiger partial charge in [-0.05, 0) is 65.2 Å². The van der Waals surface area contributed by atoms with E-state index in [0.717, 1.165) is 5.56 Å². The molecule has 0 aliphatic carbocycles. The second-order valence-corrected chi connectivity index (χ2v) is 10.1. The number of halogens is 2. The molecule has 3 rings (SSSR count). The third kappa shape index (κ3) is 6.88. The first-order valence-electron chi connectivity index (χ1n) is 9.78. The number of anilines is 3. The largest absolute Gasteiger partial charge is 0.394 e. The zero-order valence-electron chi connectivity index (χ0n) is 17.2. The molecule has 172 valence electrons. The third-order valence-electron chi connectivity index (χ3n) is 4.42. The van der Waals surface area contributed by atoms with Gasteiger partial charge in [-0.15, -0.1) is 0 Å². The first kappa shape index (κ1) is 24.4. The van der Waals surface area contributed by atoms with Crippen LogP contribution >= 0.6 is 27.5 Å². The monoisotopic (exact) mass is 541 g/mol. The number of hydrogen-bond acceptors (Lipinski definition) is 7. The number of aliphatic hydroxyl groups excluding tert-OH is 1. The van der Waals surface area contributed by atoms with Gasteiger partial charge in [0.25, 0.3) is 0 Å². The number of nitrogens with zero attached hydrogens (tertiary/aromatic N) is 2. The van der Waals surface area contributed by atoms with Gasteiger partial charge in [0.1, 0.15) is 5.82 Å². The van der Waals surface area contributed by atoms with Gasteiger partial charge in [-0.2, -0.15) is 4.98 Å². The Morgan fingerprint density at radius 1 is 1.22 bits per heavy atom. The standard InChI is InChI=1S/C21H23BrClN5O3S.H2/c1-14(13-29)26-20-19(22)12-24-21(28-20)27-17-3-2-4-18(11-17)32(30,31)25-10-9-15-5-7-16(23)8-6-15;/h2-8,11-12,14,25,29H,9-10,13H2,1H3,(H2,24,26,27,28);1H/t14-;/m1./s1. The van der Waals surface area contributed by atoms with Crippen molar-refractivity contribution in [3.8, 4) is 0 Å². The Kier molecular flexibility index (Phi) is 8.44. The summed E-state index contributed by atoms with van der Waals surface area (Å²) in [5, 5.41) is 15.9. The predicted octanol–water partition coefficient (Wildman–Crippen LogP) is 4.20. The molecule has 1 heterocycles. The number of aliphatic hydroxyl groups is 1. The summed E-state index contributed by atoms with van der Waals surface area (Å²) >= 11 is 9.24. The fourth-order valence-electron chi connectivity index (χ4n) is 2.74. The summed E-state index contributed by atoms with van der Waals surface area (Å²) in [6, 6.07) is 13.5. The van der Waals surface area contributed by atoms with Crippen LogP contribution in [0.5, 0.6) is 0 Å². The minimum absolute atomic E-state index is 0. The average molecular weight is 543 g/mol. The van der Waals surface area contributed by atoms with E-state index in [1.54, 1.807) is 30.5 Å². The molecule has 0 aliphatic rings. The molecule has 0 saturated heterocycles. The summed E-state index contributed by atoms with van der Waals surface area (Å²) in [7, 11) is -3.69. The molecule has 0 unspecified atom stereocenters. The SMILES string of the molecule is C[C@H](CO)Nc1nc(Nc2cccc(S(=O)(=O)NCCc3ccc(Cl)cc3)c2)ncc1Br.[HH]. The van der Waals surface area contributed by atoms with Crippen LogP contribution in [0.2, 0.25) is 5.02 Å². The molecule has 8 nitrogen and oxygen atoms in total. The van der Waals surface area contributed by atoms with E-state index in [1.165, 1.54) is 12.1 Å². The minimum atomic E-state index is -3.69. The van der Waals surface area contributed by atoms with E-state index in [2.05, 4.69) is 41.3 Å². The summed E-state index contributed by atoms with van der Waals surface area (Å²) in [6.45, 7) is 2.02. The molecule has 0 amide bonds. The zero-order valence-corrected chi connectivity index (χ0v) is 20.4. The van der Waals surface area contributed by atoms with E-state index >= 15 is 0 Å². The fraction of sp³-hybridized carbons (Fsp3) is 0.238. The summed E-state index contributed by atoms with van der Waals surface area (Å²) in [5.41, 5.74) is 1.51. The molecular weight excluding hydrogens is 518 g/mol. The molecule has 0 fully saturated rings. The molecule has 0 aliphatic heterocycles. The molecule has 0 bridgehead atoms. The first-order chi connectivity index (χ1) is 15.3. The molecule has 0 radical (unpaired) electrons. The van der Waals surface area contributed by atoms with Crippen LogP contribution in [0.25, 0.3) is 0 Å². The Balaban J connectivity index is 0.00000385. The first-order valence-corrected chi connectivity index (χ1v) is 12.4. The van der Waals surface area contributed by atoms with Crippen LogP contribution in [-0.2, 0) is 16.4 Å². The number of sulfonamides is 1. The summed E-state index contributed by atoms with van der Waals surface area (Å²) in [5.74, 6) is 0.794. The molecule has 2 aromatic carbocycles. The number of nitrogens with one attached hydrogen (secondary N) is 3. The van der Waals surface area contributed by atoms with E-state index in [9.17, 15) is 13.5 Å². The van der Waals surface area contributed by atoms with Crippen molar-refractivity contribution in [1.29, 1.82) is 0 Å². The Hall–Kier alpha value is -2.24. The van der Waals surface area contributed by atoms with Gasteiger partial charge in [0.15, 0.2) is 0 Å². The maximum Gasteiger partial charge on any atom is 0.240 e. The van der Waals surface area contributed by atoms with Crippen molar-refractivity contribution in [3.63, 3.8) is 0 Å². The van der Waals surface area contributed by atoms with Crippen molar-refractivity contribution < 1.29 is 15.0 Å². The Labute approximate surface area is 202 Å². The fourth-order valence-corrected chi connectivity index (χ4v) is 4.25. The smallest absolute Gasteiger partial charge is 0.240 e. The van der Waals surface area contributed by atoms with Gasteiger partial charge in [0.05, 0.1) is 16.0 Å². The predicted molar refractivity (Wildman–Crippen MR) is 132 cm³/mol. The minimum Gasteiger partial charge on any atom is -0.394 e. The summed E-state index contributed by atoms with van der Waals surface area (Å²) in [4.78, 5) is 8.70. The van der Waals surface area contributed by atoms with Crippen LogP contribution in [0.3, 0.4) is 0 Å². The number of benzene rings is 2. The van der Waals surface area contributed by atoms with E-state index < -0.39 is 10.0 Å². The normalized spacial score (nSPS) is 12.4. The lowest BCUT2D eigenvalue weighted by Crippen LogP contribution is -2.26. The maximum absolute atomic E-state index is 12.7. The van der Waals surface area contributed by atoms with Crippen LogP contribution in [0.15, 0.2) is 64.1 Å². The molecular formula is C21H25BrClN5O3S. The highest BCUT2D eigenvalue weighted by molar-refractivity contribution is 9.10. The molecule has 4 N–H and O–H groups in total. The van der Waals surface area contributed by atoms with Crippen LogP contribution in [0.4, 0.5) is 17.5 Å². The highest BCUT2D eigenvalue weighted by atomic mass is 79.9. The highest BCUT2D eigenvalue weighted by Gasteiger charge is 2.15. The molecule has 3 aromatic rings. The van der Waals surface area contributed by atoms with Gasteiger partial charge in [-0.25, -0.2) is 18.1 Å². The Morgan fingerprint density at radius 2 is 1.97 bits per heavy atom. The molecule has 1 aromatic heterocycles. The highest BCUT2D eigenvalue weighted by Crippen LogP contribution is 2.23. The van der Waals surface area contributed by atoms with Gasteiger partial charge in [0.2, 0.25) is 16.0 Å². The van der Waals surface area contributed by atoms with Gasteiger partial charge >= 0.3 is 0 Å². The van der Waals surface area contributed by atoms with E-state index in [1.807, 2.05) is 19.1 Å². The van der Waals surface area contributed by atoms with Crippen LogP contribution in [0, 0.1) is 0 Å². The van der Waals surface area contributed by atoms with Crippen LogP contribution in [0.1, 0.15) is 13.9 Å². The molecule has 11 heteroatoms. The van der Waals surface area contributed by atoms with Crippen molar-refractivity contribution in [3.05, 3.63) is 69.8 Å². The quantitative estimate of drug-likeness (QED) is 0.303. The molecule has 32 heavy (non-hydrogen) atoms. The van der Waals surface area contributed by atoms with Crippen LogP contribution < -0.4 is 15.4 Å². The number of rotatable bonds is 10. The van der Waals surface area contributed by atoms with E-state index in [-0.39, 0.29) is 31.5 Å². The van der Waals surface area contributed by atoms with Gasteiger partial charge in [0, 0.05) is 30.9 Å². The Bertz CT molecular complexity index is 1170.